The van der Waals surface area contributed by atoms with Gasteiger partial charge in [-0.05, 0) is 120 Å². The Balaban J connectivity index is 1.22. The fourth-order valence-corrected chi connectivity index (χ4v) is 10.8. The number of benzene rings is 5. The molecule has 5 aromatic rings. The number of aliphatic hydroxyl groups excluding tert-OH is 2. The third-order valence-electron chi connectivity index (χ3n) is 13.9. The summed E-state index contributed by atoms with van der Waals surface area (Å²) in [6.45, 7) is 4.24. The maximum absolute atomic E-state index is 14.8. The van der Waals surface area contributed by atoms with Crippen molar-refractivity contribution in [2.45, 2.75) is 75.8 Å². The number of alkyl halides is 1. The fraction of sp³-hybridized carbons (Fsp3) is 0.382. The number of ether oxygens (including phenoxy) is 6. The van der Waals surface area contributed by atoms with E-state index in [9.17, 15) is 25.1 Å². The Hall–Kier alpha value is -6.65. The molecule has 2 aliphatic heterocycles. The van der Waals surface area contributed by atoms with E-state index in [-0.39, 0.29) is 82.1 Å². The highest BCUT2D eigenvalue weighted by Gasteiger charge is 2.65. The van der Waals surface area contributed by atoms with Crippen LogP contribution >= 0.6 is 11.6 Å². The van der Waals surface area contributed by atoms with E-state index in [1.54, 1.807) is 29.2 Å². The first-order valence-electron chi connectivity index (χ1n) is 24.2. The second-order valence-corrected chi connectivity index (χ2v) is 18.6. The van der Waals surface area contributed by atoms with Crippen LogP contribution in [0.2, 0.25) is 0 Å². The Morgan fingerprint density at radius 2 is 1.62 bits per heavy atom. The van der Waals surface area contributed by atoms with E-state index in [0.29, 0.717) is 52.9 Å². The lowest BCUT2D eigenvalue weighted by Crippen LogP contribution is -2.70. The molecule has 2 heterocycles. The zero-order valence-electron chi connectivity index (χ0n) is 39.4. The molecule has 6 atom stereocenters. The van der Waals surface area contributed by atoms with E-state index < -0.39 is 28.8 Å². The van der Waals surface area contributed by atoms with Crippen LogP contribution in [0.3, 0.4) is 0 Å². The lowest BCUT2D eigenvalue weighted by Gasteiger charge is -2.59. The normalized spacial score (nSPS) is 22.2. The number of carbonyl (C=O) groups is 1. The standard InChI is InChI=1S/C55H58ClN3O12/c1-2-26-68-55-51(58(54(62)65-27-23-56)33-37-15-21-49-50(28-37)67-35-66-49)32-47(57-69-34-36-13-17-41(18-14-36)59(63)64)45-30-40(11-5-7-24-60)44(12-6-8-25-61)52(53(45)55)46-31-43(20-22-48(46)71-55)70-42-19-16-38-9-3-4-10-39(38)29-42/h2-4,9-10,13-22,28-31,40,44,51-53,60-61H,1,5-8,11-12,23-27,32-35H2. The molecule has 71 heavy (non-hydrogen) atoms. The van der Waals surface area contributed by atoms with Crippen molar-refractivity contribution < 1.29 is 53.2 Å². The number of nitro groups is 1. The molecule has 372 valence electrons. The molecule has 9 rings (SSSR count). The molecule has 1 amide bonds. The van der Waals surface area contributed by atoms with E-state index in [1.165, 1.54) is 12.1 Å². The Labute approximate surface area is 417 Å². The molecule has 2 aliphatic carbocycles. The second-order valence-electron chi connectivity index (χ2n) is 18.2. The molecule has 1 fully saturated rings. The van der Waals surface area contributed by atoms with Gasteiger partial charge in [0.15, 0.2) is 11.5 Å². The Bertz CT molecular complexity index is 2770. The first kappa shape index (κ1) is 49.3. The number of carbonyl (C=O) groups excluding carboxylic acids is 1. The van der Waals surface area contributed by atoms with Crippen molar-refractivity contribution in [3.8, 4) is 28.7 Å². The number of nitrogens with zero attached hydrogens (tertiary/aromatic N) is 3. The molecule has 0 saturated heterocycles. The Morgan fingerprint density at radius 1 is 0.887 bits per heavy atom. The number of allylic oxidation sites excluding steroid dienone is 1. The Morgan fingerprint density at radius 3 is 2.39 bits per heavy atom. The van der Waals surface area contributed by atoms with E-state index in [2.05, 4.69) is 18.7 Å². The van der Waals surface area contributed by atoms with Crippen molar-refractivity contribution in [2.75, 3.05) is 39.1 Å². The van der Waals surface area contributed by atoms with Crippen LogP contribution in [0.5, 0.6) is 28.7 Å². The number of amides is 1. The largest absolute Gasteiger partial charge is 0.459 e. The number of unbranched alkanes of at least 4 members (excludes halogenated alkanes) is 2. The molecule has 0 spiro atoms. The average molecular weight is 989 g/mol. The van der Waals surface area contributed by atoms with Gasteiger partial charge in [-0.3, -0.25) is 15.0 Å². The van der Waals surface area contributed by atoms with E-state index in [0.717, 1.165) is 53.2 Å². The van der Waals surface area contributed by atoms with E-state index in [1.807, 2.05) is 66.7 Å². The van der Waals surface area contributed by atoms with Crippen molar-refractivity contribution in [2.24, 2.45) is 22.9 Å². The van der Waals surface area contributed by atoms with Crippen LogP contribution in [0.25, 0.3) is 10.8 Å². The monoisotopic (exact) mass is 987 g/mol. The highest BCUT2D eigenvalue weighted by atomic mass is 35.5. The topological polar surface area (TPSA) is 181 Å². The summed E-state index contributed by atoms with van der Waals surface area (Å²) in [5.41, 5.74) is 3.62. The van der Waals surface area contributed by atoms with Gasteiger partial charge in [0.05, 0.1) is 29.0 Å². The number of oxime groups is 1. The van der Waals surface area contributed by atoms with Gasteiger partial charge in [-0.1, -0.05) is 66.5 Å². The molecular weight excluding hydrogens is 930 g/mol. The van der Waals surface area contributed by atoms with Gasteiger partial charge in [0, 0.05) is 49.8 Å². The SMILES string of the molecule is C=CCOC12Oc3ccc(Oc4ccc5ccccc5c4)cc3C3C(CCCCO)C(CCCCO)C=C(C(=NOCc4ccc([N+](=O)[O-])cc4)CC1N(Cc1ccc4c(c1)OCO4)C(=O)OCCCl)C32. The number of halogens is 1. The Kier molecular flexibility index (Phi) is 15.7. The summed E-state index contributed by atoms with van der Waals surface area (Å²) in [4.78, 5) is 33.6. The van der Waals surface area contributed by atoms with Gasteiger partial charge in [0.25, 0.3) is 5.69 Å². The molecule has 0 radical (unpaired) electrons. The number of non-ortho nitro benzene ring substituents is 1. The molecule has 0 aromatic heterocycles. The minimum absolute atomic E-state index is 0.00281. The van der Waals surface area contributed by atoms with Crippen LogP contribution in [0.1, 0.15) is 67.6 Å². The highest BCUT2D eigenvalue weighted by molar-refractivity contribution is 6.18. The number of hydrogen-bond donors (Lipinski definition) is 2. The lowest BCUT2D eigenvalue weighted by atomic mass is 9.55. The van der Waals surface area contributed by atoms with Crippen LogP contribution in [-0.4, -0.2) is 82.8 Å². The summed E-state index contributed by atoms with van der Waals surface area (Å²) in [5, 5.41) is 38.6. The van der Waals surface area contributed by atoms with Gasteiger partial charge in [-0.2, -0.15) is 0 Å². The second kappa shape index (κ2) is 22.6. The van der Waals surface area contributed by atoms with E-state index >= 15 is 0 Å². The lowest BCUT2D eigenvalue weighted by molar-refractivity contribution is -0.384. The summed E-state index contributed by atoms with van der Waals surface area (Å²) in [6, 6.07) is 30.6. The minimum Gasteiger partial charge on any atom is -0.459 e. The molecule has 1 saturated carbocycles. The molecule has 15 nitrogen and oxygen atoms in total. The summed E-state index contributed by atoms with van der Waals surface area (Å²) >= 11 is 6.16. The molecule has 6 unspecified atom stereocenters. The number of fused-ring (bicyclic) bond motifs is 4. The summed E-state index contributed by atoms with van der Waals surface area (Å²) in [7, 11) is 0. The number of hydrogen-bond acceptors (Lipinski definition) is 13. The van der Waals surface area contributed by atoms with Gasteiger partial charge in [-0.15, -0.1) is 18.2 Å². The molecule has 4 aliphatic rings. The average Bonchev–Trinajstić information content (AvgIpc) is 3.86. The van der Waals surface area contributed by atoms with E-state index in [4.69, 9.17) is 50.0 Å². The summed E-state index contributed by atoms with van der Waals surface area (Å²) < 4.78 is 38.5. The maximum Gasteiger partial charge on any atom is 0.410 e. The zero-order chi connectivity index (χ0) is 49.3. The van der Waals surface area contributed by atoms with Crippen LogP contribution in [0, 0.1) is 27.9 Å². The number of nitro benzene ring substituents is 1. The summed E-state index contributed by atoms with van der Waals surface area (Å²) in [6.07, 6.45) is 7.54. The molecule has 0 bridgehead atoms. The van der Waals surface area contributed by atoms with Crippen LogP contribution in [0.4, 0.5) is 10.5 Å². The van der Waals surface area contributed by atoms with Gasteiger partial charge in [0.1, 0.15) is 36.5 Å². The smallest absolute Gasteiger partial charge is 0.410 e. The van der Waals surface area contributed by atoms with Gasteiger partial charge < -0.3 is 43.5 Å². The van der Waals surface area contributed by atoms with Crippen molar-refractivity contribution in [1.29, 1.82) is 0 Å². The van der Waals surface area contributed by atoms with Crippen LogP contribution in [-0.2, 0) is 27.5 Å². The molecule has 16 heteroatoms. The van der Waals surface area contributed by atoms with Crippen LogP contribution in [0.15, 0.2) is 133 Å². The first-order chi connectivity index (χ1) is 34.7. The molecule has 5 aromatic carbocycles. The first-order valence-corrected chi connectivity index (χ1v) is 24.7. The van der Waals surface area contributed by atoms with Crippen molar-refractivity contribution in [1.82, 2.24) is 4.90 Å². The van der Waals surface area contributed by atoms with Crippen molar-refractivity contribution >= 4 is 39.9 Å². The third kappa shape index (κ3) is 10.7. The van der Waals surface area contributed by atoms with Crippen molar-refractivity contribution in [3.05, 3.63) is 154 Å². The third-order valence-corrected chi connectivity index (χ3v) is 14.0. The predicted octanol–water partition coefficient (Wildman–Crippen LogP) is 11.0. The van der Waals surface area contributed by atoms with Gasteiger partial charge in [0.2, 0.25) is 12.6 Å². The number of aliphatic hydroxyl groups is 2. The fourth-order valence-electron chi connectivity index (χ4n) is 10.7. The molecular formula is C55H58ClN3O12. The highest BCUT2D eigenvalue weighted by Crippen LogP contribution is 2.62. The predicted molar refractivity (Wildman–Crippen MR) is 267 cm³/mol. The number of rotatable bonds is 22. The zero-order valence-corrected chi connectivity index (χ0v) is 40.1. The van der Waals surface area contributed by atoms with Gasteiger partial charge >= 0.3 is 6.09 Å². The summed E-state index contributed by atoms with van der Waals surface area (Å²) in [5.74, 6) is 0.392. The quantitative estimate of drug-likeness (QED) is 0.0221. The van der Waals surface area contributed by atoms with Crippen molar-refractivity contribution in [3.63, 3.8) is 0 Å². The molecule has 2 N–H and O–H groups in total. The van der Waals surface area contributed by atoms with Gasteiger partial charge in [-0.25, -0.2) is 4.79 Å². The maximum atomic E-state index is 14.8. The minimum atomic E-state index is -1.59. The van der Waals surface area contributed by atoms with Crippen LogP contribution < -0.4 is 18.9 Å².